The first-order valence-electron chi connectivity index (χ1n) is 8.46. The summed E-state index contributed by atoms with van der Waals surface area (Å²) in [6, 6.07) is 19.8. The van der Waals surface area contributed by atoms with E-state index in [4.69, 9.17) is 0 Å². The van der Waals surface area contributed by atoms with Gasteiger partial charge in [-0.05, 0) is 23.3 Å². The molecule has 3 rings (SSSR count). The van der Waals surface area contributed by atoms with Crippen LogP contribution in [0, 0.1) is 11.6 Å². The standard InChI is InChI=1S/C22H17F2NO2/c23-18-10-11-20(19(24)14-18)25-22(27)13-12-21(26)17-8-6-16(7-9-17)15-4-2-1-3-5-15/h1-11,14H,12-13H2,(H,25,27). The Hall–Kier alpha value is -3.34. The van der Waals surface area contributed by atoms with Crippen LogP contribution in [0.4, 0.5) is 14.5 Å². The summed E-state index contributed by atoms with van der Waals surface area (Å²) < 4.78 is 26.4. The molecular formula is C22H17F2NO2. The summed E-state index contributed by atoms with van der Waals surface area (Å²) in [6.45, 7) is 0. The van der Waals surface area contributed by atoms with Crippen molar-refractivity contribution in [2.24, 2.45) is 0 Å². The van der Waals surface area contributed by atoms with Gasteiger partial charge >= 0.3 is 0 Å². The Morgan fingerprint density at radius 1 is 0.778 bits per heavy atom. The van der Waals surface area contributed by atoms with Gasteiger partial charge in [0.25, 0.3) is 0 Å². The van der Waals surface area contributed by atoms with Crippen LogP contribution in [-0.4, -0.2) is 11.7 Å². The van der Waals surface area contributed by atoms with E-state index in [0.29, 0.717) is 11.6 Å². The minimum absolute atomic E-state index is 0.000664. The van der Waals surface area contributed by atoms with Gasteiger partial charge in [0.1, 0.15) is 11.6 Å². The Morgan fingerprint density at radius 3 is 2.11 bits per heavy atom. The molecule has 136 valence electrons. The summed E-state index contributed by atoms with van der Waals surface area (Å²) in [5, 5.41) is 2.34. The maximum atomic E-state index is 13.5. The molecule has 0 spiro atoms. The Morgan fingerprint density at radius 2 is 1.44 bits per heavy atom. The van der Waals surface area contributed by atoms with Crippen molar-refractivity contribution in [1.29, 1.82) is 0 Å². The third kappa shape index (κ3) is 4.85. The van der Waals surface area contributed by atoms with Gasteiger partial charge in [-0.2, -0.15) is 0 Å². The highest BCUT2D eigenvalue weighted by atomic mass is 19.1. The number of nitrogens with one attached hydrogen (secondary N) is 1. The molecule has 3 aromatic rings. The van der Waals surface area contributed by atoms with Gasteiger partial charge in [-0.3, -0.25) is 9.59 Å². The molecular weight excluding hydrogens is 348 g/mol. The number of ketones is 1. The minimum Gasteiger partial charge on any atom is -0.324 e. The number of carbonyl (C=O) groups excluding carboxylic acids is 2. The molecule has 1 N–H and O–H groups in total. The van der Waals surface area contributed by atoms with Gasteiger partial charge in [-0.1, -0.05) is 54.6 Å². The van der Waals surface area contributed by atoms with Crippen LogP contribution in [0.1, 0.15) is 23.2 Å². The second kappa shape index (κ2) is 8.36. The van der Waals surface area contributed by atoms with Crippen molar-refractivity contribution in [2.75, 3.05) is 5.32 Å². The third-order valence-corrected chi connectivity index (χ3v) is 4.10. The van der Waals surface area contributed by atoms with Gasteiger partial charge in [0.2, 0.25) is 5.91 Å². The summed E-state index contributed by atoms with van der Waals surface area (Å²) >= 11 is 0. The zero-order chi connectivity index (χ0) is 19.2. The molecule has 0 aromatic heterocycles. The molecule has 3 nitrogen and oxygen atoms in total. The predicted octanol–water partition coefficient (Wildman–Crippen LogP) is 5.23. The normalized spacial score (nSPS) is 10.4. The van der Waals surface area contributed by atoms with E-state index in [0.717, 1.165) is 23.3 Å². The molecule has 0 atom stereocenters. The number of hydrogen-bond donors (Lipinski definition) is 1. The lowest BCUT2D eigenvalue weighted by Gasteiger charge is -2.07. The maximum Gasteiger partial charge on any atom is 0.224 e. The van der Waals surface area contributed by atoms with Crippen molar-refractivity contribution in [3.8, 4) is 11.1 Å². The molecule has 0 unspecified atom stereocenters. The first-order valence-corrected chi connectivity index (χ1v) is 8.46. The van der Waals surface area contributed by atoms with Crippen LogP contribution in [0.3, 0.4) is 0 Å². The summed E-state index contributed by atoms with van der Waals surface area (Å²) in [7, 11) is 0. The largest absolute Gasteiger partial charge is 0.324 e. The molecule has 0 bridgehead atoms. The maximum absolute atomic E-state index is 13.5. The smallest absolute Gasteiger partial charge is 0.224 e. The lowest BCUT2D eigenvalue weighted by atomic mass is 10.0. The van der Waals surface area contributed by atoms with Crippen LogP contribution in [0.5, 0.6) is 0 Å². The average molecular weight is 365 g/mol. The molecule has 0 saturated heterocycles. The molecule has 0 aliphatic carbocycles. The molecule has 0 heterocycles. The lowest BCUT2D eigenvalue weighted by Crippen LogP contribution is -2.14. The Kier molecular flexibility index (Phi) is 5.71. The van der Waals surface area contributed by atoms with Crippen molar-refractivity contribution in [3.05, 3.63) is 90.0 Å². The third-order valence-electron chi connectivity index (χ3n) is 4.10. The van der Waals surface area contributed by atoms with Gasteiger partial charge in [-0.25, -0.2) is 8.78 Å². The summed E-state index contributed by atoms with van der Waals surface area (Å²) in [4.78, 5) is 24.2. The summed E-state index contributed by atoms with van der Waals surface area (Å²) in [6.07, 6.45) is -0.0879. The fraction of sp³-hybridized carbons (Fsp3) is 0.0909. The van der Waals surface area contributed by atoms with Gasteiger partial charge in [0.15, 0.2) is 5.78 Å². The molecule has 5 heteroatoms. The monoisotopic (exact) mass is 365 g/mol. The Labute approximate surface area is 155 Å². The van der Waals surface area contributed by atoms with Crippen LogP contribution in [0.25, 0.3) is 11.1 Å². The number of carbonyl (C=O) groups is 2. The van der Waals surface area contributed by atoms with Crippen molar-refractivity contribution >= 4 is 17.4 Å². The van der Waals surface area contributed by atoms with Crippen molar-refractivity contribution in [1.82, 2.24) is 0 Å². The zero-order valence-electron chi connectivity index (χ0n) is 14.4. The van der Waals surface area contributed by atoms with Crippen LogP contribution < -0.4 is 5.32 Å². The van der Waals surface area contributed by atoms with Gasteiger partial charge in [0, 0.05) is 24.5 Å². The van der Waals surface area contributed by atoms with Crippen molar-refractivity contribution < 1.29 is 18.4 Å². The van der Waals surface area contributed by atoms with Crippen LogP contribution in [0.15, 0.2) is 72.8 Å². The number of anilines is 1. The van der Waals surface area contributed by atoms with Crippen LogP contribution >= 0.6 is 0 Å². The van der Waals surface area contributed by atoms with E-state index in [1.165, 1.54) is 0 Å². The highest BCUT2D eigenvalue weighted by Gasteiger charge is 2.12. The Bertz CT molecular complexity index is 954. The Balaban J connectivity index is 1.56. The van der Waals surface area contributed by atoms with Crippen molar-refractivity contribution in [2.45, 2.75) is 12.8 Å². The average Bonchev–Trinajstić information content (AvgIpc) is 2.69. The van der Waals surface area contributed by atoms with E-state index in [-0.39, 0.29) is 24.3 Å². The first kappa shape index (κ1) is 18.5. The molecule has 0 aliphatic rings. The molecule has 0 saturated carbocycles. The highest BCUT2D eigenvalue weighted by Crippen LogP contribution is 2.20. The zero-order valence-corrected chi connectivity index (χ0v) is 14.4. The predicted molar refractivity (Wildman–Crippen MR) is 100 cm³/mol. The molecule has 0 fully saturated rings. The fourth-order valence-electron chi connectivity index (χ4n) is 2.65. The molecule has 0 aliphatic heterocycles. The molecule has 0 radical (unpaired) electrons. The quantitative estimate of drug-likeness (QED) is 0.608. The number of hydrogen-bond acceptors (Lipinski definition) is 2. The van der Waals surface area contributed by atoms with E-state index in [9.17, 15) is 18.4 Å². The van der Waals surface area contributed by atoms with Gasteiger partial charge in [-0.15, -0.1) is 0 Å². The van der Waals surface area contributed by atoms with Gasteiger partial charge in [0.05, 0.1) is 5.69 Å². The number of benzene rings is 3. The number of halogens is 2. The number of Topliss-reactive ketones (excluding diaryl/α,β-unsaturated/α-hetero) is 1. The molecule has 3 aromatic carbocycles. The topological polar surface area (TPSA) is 46.2 Å². The number of amides is 1. The second-order valence-corrected chi connectivity index (χ2v) is 6.04. The van der Waals surface area contributed by atoms with E-state index < -0.39 is 17.5 Å². The van der Waals surface area contributed by atoms with E-state index in [1.54, 1.807) is 12.1 Å². The first-order chi connectivity index (χ1) is 13.0. The van der Waals surface area contributed by atoms with Crippen LogP contribution in [0.2, 0.25) is 0 Å². The van der Waals surface area contributed by atoms with E-state index in [1.807, 2.05) is 42.5 Å². The SMILES string of the molecule is O=C(CCC(=O)c1ccc(-c2ccccc2)cc1)Nc1ccc(F)cc1F. The van der Waals surface area contributed by atoms with E-state index in [2.05, 4.69) is 5.32 Å². The van der Waals surface area contributed by atoms with E-state index >= 15 is 0 Å². The second-order valence-electron chi connectivity index (χ2n) is 6.04. The molecule has 27 heavy (non-hydrogen) atoms. The lowest BCUT2D eigenvalue weighted by molar-refractivity contribution is -0.116. The van der Waals surface area contributed by atoms with Crippen LogP contribution in [-0.2, 0) is 4.79 Å². The summed E-state index contributed by atoms with van der Waals surface area (Å²) in [5.41, 5.74) is 2.45. The molecule has 1 amide bonds. The minimum atomic E-state index is -0.855. The fourth-order valence-corrected chi connectivity index (χ4v) is 2.65. The highest BCUT2D eigenvalue weighted by molar-refractivity contribution is 6.00. The van der Waals surface area contributed by atoms with Gasteiger partial charge < -0.3 is 5.32 Å². The number of rotatable bonds is 6. The summed E-state index contributed by atoms with van der Waals surface area (Å²) in [5.74, 6) is -2.26. The van der Waals surface area contributed by atoms with Crippen molar-refractivity contribution in [3.63, 3.8) is 0 Å².